The molecule has 1 aliphatic heterocycles. The highest BCUT2D eigenvalue weighted by Crippen LogP contribution is 2.38. The van der Waals surface area contributed by atoms with Crippen molar-refractivity contribution < 1.29 is 5.11 Å². The van der Waals surface area contributed by atoms with Gasteiger partial charge in [-0.05, 0) is 17.5 Å². The van der Waals surface area contributed by atoms with E-state index in [1.807, 2.05) is 0 Å². The van der Waals surface area contributed by atoms with Gasteiger partial charge in [0.15, 0.2) is 0 Å². The van der Waals surface area contributed by atoms with Crippen LogP contribution in [0.5, 0.6) is 0 Å². The number of anilines is 1. The van der Waals surface area contributed by atoms with Crippen LogP contribution in [0.3, 0.4) is 0 Å². The number of aliphatic hydroxyl groups is 1. The molecule has 1 N–H and O–H groups in total. The van der Waals surface area contributed by atoms with Crippen LogP contribution >= 0.6 is 0 Å². The Bertz CT molecular complexity index is 324. The van der Waals surface area contributed by atoms with E-state index in [2.05, 4.69) is 43.1 Å². The molecule has 0 saturated heterocycles. The van der Waals surface area contributed by atoms with E-state index in [4.69, 9.17) is 0 Å². The zero-order valence-electron chi connectivity index (χ0n) is 8.77. The van der Waals surface area contributed by atoms with Crippen LogP contribution in [-0.2, 0) is 0 Å². The van der Waals surface area contributed by atoms with Crippen molar-refractivity contribution in [2.45, 2.75) is 12.8 Å². The molecular formula is C12H17NO. The quantitative estimate of drug-likeness (QED) is 0.771. The Labute approximate surface area is 85.2 Å². The average molecular weight is 191 g/mol. The third-order valence-electron chi connectivity index (χ3n) is 3.19. The Kier molecular flexibility index (Phi) is 2.46. The van der Waals surface area contributed by atoms with Crippen molar-refractivity contribution in [3.8, 4) is 0 Å². The van der Waals surface area contributed by atoms with E-state index in [-0.39, 0.29) is 6.61 Å². The standard InChI is InChI=1S/C12H17NO/c1-9(8-14)11-7-13(2)12-6-4-3-5-10(11)12/h3-6,9,11,14H,7-8H2,1-2H3. The summed E-state index contributed by atoms with van der Waals surface area (Å²) in [5, 5.41) is 9.19. The summed E-state index contributed by atoms with van der Waals surface area (Å²) in [6.45, 7) is 3.41. The molecule has 2 rings (SSSR count). The van der Waals surface area contributed by atoms with Crippen molar-refractivity contribution in [2.75, 3.05) is 25.1 Å². The van der Waals surface area contributed by atoms with Crippen molar-refractivity contribution in [2.24, 2.45) is 5.92 Å². The summed E-state index contributed by atoms with van der Waals surface area (Å²) in [6.07, 6.45) is 0. The maximum Gasteiger partial charge on any atom is 0.0463 e. The smallest absolute Gasteiger partial charge is 0.0463 e. The number of hydrogen-bond donors (Lipinski definition) is 1. The van der Waals surface area contributed by atoms with Crippen molar-refractivity contribution >= 4 is 5.69 Å². The lowest BCUT2D eigenvalue weighted by Gasteiger charge is -2.17. The molecule has 1 aromatic rings. The van der Waals surface area contributed by atoms with Gasteiger partial charge < -0.3 is 10.0 Å². The second-order valence-electron chi connectivity index (χ2n) is 4.21. The monoisotopic (exact) mass is 191 g/mol. The first-order valence-electron chi connectivity index (χ1n) is 5.15. The summed E-state index contributed by atoms with van der Waals surface area (Å²) >= 11 is 0. The molecule has 14 heavy (non-hydrogen) atoms. The summed E-state index contributed by atoms with van der Waals surface area (Å²) in [7, 11) is 2.11. The molecule has 0 bridgehead atoms. The van der Waals surface area contributed by atoms with Gasteiger partial charge in [0, 0.05) is 31.8 Å². The van der Waals surface area contributed by atoms with E-state index in [1.54, 1.807) is 0 Å². The first-order chi connectivity index (χ1) is 6.74. The van der Waals surface area contributed by atoms with Gasteiger partial charge in [0.2, 0.25) is 0 Å². The third kappa shape index (κ3) is 1.40. The first-order valence-corrected chi connectivity index (χ1v) is 5.15. The van der Waals surface area contributed by atoms with Gasteiger partial charge in [-0.15, -0.1) is 0 Å². The molecular weight excluding hydrogens is 174 g/mol. The minimum absolute atomic E-state index is 0.271. The second kappa shape index (κ2) is 3.62. The Morgan fingerprint density at radius 3 is 2.93 bits per heavy atom. The molecule has 0 fully saturated rings. The lowest BCUT2D eigenvalue weighted by molar-refractivity contribution is 0.219. The fourth-order valence-corrected chi connectivity index (χ4v) is 2.25. The molecule has 0 spiro atoms. The predicted molar refractivity (Wildman–Crippen MR) is 58.7 cm³/mol. The molecule has 76 valence electrons. The highest BCUT2D eigenvalue weighted by Gasteiger charge is 2.29. The van der Waals surface area contributed by atoms with Crippen LogP contribution in [0.1, 0.15) is 18.4 Å². The van der Waals surface area contributed by atoms with Gasteiger partial charge in [-0.3, -0.25) is 0 Å². The minimum Gasteiger partial charge on any atom is -0.396 e. The number of rotatable bonds is 2. The van der Waals surface area contributed by atoms with Gasteiger partial charge in [0.25, 0.3) is 0 Å². The maximum absolute atomic E-state index is 9.19. The number of likely N-dealkylation sites (N-methyl/N-ethyl adjacent to an activating group) is 1. The first kappa shape index (κ1) is 9.53. The summed E-state index contributed by atoms with van der Waals surface area (Å²) in [5.41, 5.74) is 2.70. The molecule has 2 nitrogen and oxygen atoms in total. The van der Waals surface area contributed by atoms with Crippen molar-refractivity contribution in [3.63, 3.8) is 0 Å². The fraction of sp³-hybridized carbons (Fsp3) is 0.500. The van der Waals surface area contributed by atoms with Gasteiger partial charge >= 0.3 is 0 Å². The van der Waals surface area contributed by atoms with Crippen molar-refractivity contribution in [1.29, 1.82) is 0 Å². The van der Waals surface area contributed by atoms with Gasteiger partial charge in [0.05, 0.1) is 0 Å². The minimum atomic E-state index is 0.271. The molecule has 0 saturated carbocycles. The molecule has 1 heterocycles. The Balaban J connectivity index is 2.34. The van der Waals surface area contributed by atoms with Crippen LogP contribution < -0.4 is 4.90 Å². The normalized spacial score (nSPS) is 22.2. The van der Waals surface area contributed by atoms with E-state index in [0.29, 0.717) is 11.8 Å². The van der Waals surface area contributed by atoms with Crippen molar-refractivity contribution in [1.82, 2.24) is 0 Å². The molecule has 0 radical (unpaired) electrons. The molecule has 0 aromatic heterocycles. The predicted octanol–water partition coefficient (Wildman–Crippen LogP) is 1.85. The topological polar surface area (TPSA) is 23.5 Å². The van der Waals surface area contributed by atoms with Crippen LogP contribution in [0.4, 0.5) is 5.69 Å². The van der Waals surface area contributed by atoms with Crippen LogP contribution in [0.25, 0.3) is 0 Å². The van der Waals surface area contributed by atoms with Gasteiger partial charge in [-0.1, -0.05) is 25.1 Å². The average Bonchev–Trinajstić information content (AvgIpc) is 2.56. The van der Waals surface area contributed by atoms with E-state index in [9.17, 15) is 5.11 Å². The Morgan fingerprint density at radius 2 is 2.21 bits per heavy atom. The van der Waals surface area contributed by atoms with E-state index < -0.39 is 0 Å². The fourth-order valence-electron chi connectivity index (χ4n) is 2.25. The Morgan fingerprint density at radius 1 is 1.50 bits per heavy atom. The largest absolute Gasteiger partial charge is 0.396 e. The SMILES string of the molecule is CC(CO)C1CN(C)c2ccccc21. The molecule has 2 heteroatoms. The van der Waals surface area contributed by atoms with E-state index in [0.717, 1.165) is 6.54 Å². The number of hydrogen-bond acceptors (Lipinski definition) is 2. The molecule has 0 amide bonds. The summed E-state index contributed by atoms with van der Waals surface area (Å²) in [6, 6.07) is 8.48. The summed E-state index contributed by atoms with van der Waals surface area (Å²) in [4.78, 5) is 2.27. The number of fused-ring (bicyclic) bond motifs is 1. The number of benzene rings is 1. The molecule has 2 unspecified atom stereocenters. The van der Waals surface area contributed by atoms with Crippen LogP contribution in [0, 0.1) is 5.92 Å². The van der Waals surface area contributed by atoms with Crippen LogP contribution in [-0.4, -0.2) is 25.3 Å². The molecule has 1 aliphatic rings. The summed E-state index contributed by atoms with van der Waals surface area (Å²) in [5.74, 6) is 0.835. The maximum atomic E-state index is 9.19. The van der Waals surface area contributed by atoms with Crippen LogP contribution in [0.15, 0.2) is 24.3 Å². The Hall–Kier alpha value is -1.02. The zero-order valence-corrected chi connectivity index (χ0v) is 8.77. The summed E-state index contributed by atoms with van der Waals surface area (Å²) < 4.78 is 0. The van der Waals surface area contributed by atoms with Gasteiger partial charge in [-0.2, -0.15) is 0 Å². The van der Waals surface area contributed by atoms with Gasteiger partial charge in [0.1, 0.15) is 0 Å². The highest BCUT2D eigenvalue weighted by atomic mass is 16.3. The van der Waals surface area contributed by atoms with Crippen molar-refractivity contribution in [3.05, 3.63) is 29.8 Å². The molecule has 2 atom stereocenters. The lowest BCUT2D eigenvalue weighted by atomic mass is 9.89. The molecule has 0 aliphatic carbocycles. The molecule has 1 aromatic carbocycles. The number of aliphatic hydroxyl groups excluding tert-OH is 1. The van der Waals surface area contributed by atoms with Crippen LogP contribution in [0.2, 0.25) is 0 Å². The lowest BCUT2D eigenvalue weighted by Crippen LogP contribution is -2.20. The third-order valence-corrected chi connectivity index (χ3v) is 3.19. The second-order valence-corrected chi connectivity index (χ2v) is 4.21. The van der Waals surface area contributed by atoms with Gasteiger partial charge in [-0.25, -0.2) is 0 Å². The van der Waals surface area contributed by atoms with E-state index >= 15 is 0 Å². The number of para-hydroxylation sites is 1. The van der Waals surface area contributed by atoms with E-state index in [1.165, 1.54) is 11.3 Å². The number of nitrogens with zero attached hydrogens (tertiary/aromatic N) is 1. The zero-order chi connectivity index (χ0) is 10.1. The highest BCUT2D eigenvalue weighted by molar-refractivity contribution is 5.59.